The van der Waals surface area contributed by atoms with E-state index in [0.717, 1.165) is 5.56 Å². The molecular formula is C12H17N3O3. The molecule has 1 aromatic carbocycles. The molecule has 1 aliphatic heterocycles. The summed E-state index contributed by atoms with van der Waals surface area (Å²) >= 11 is 0. The van der Waals surface area contributed by atoms with Gasteiger partial charge in [-0.2, -0.15) is 0 Å². The maximum Gasteiger partial charge on any atom is 0.292 e. The van der Waals surface area contributed by atoms with Crippen molar-refractivity contribution in [2.75, 3.05) is 31.1 Å². The minimum atomic E-state index is -0.338. The van der Waals surface area contributed by atoms with Gasteiger partial charge in [0.15, 0.2) is 0 Å². The lowest BCUT2D eigenvalue weighted by molar-refractivity contribution is -0.384. The molecule has 1 heterocycles. The molecule has 6 nitrogen and oxygen atoms in total. The Labute approximate surface area is 105 Å². The first-order valence-corrected chi connectivity index (χ1v) is 5.94. The van der Waals surface area contributed by atoms with Crippen LogP contribution in [-0.2, 0) is 4.74 Å². The standard InChI is InChI=1S/C12H17N3O3/c1-9-3-2-4-11(15(16)17)12(9)14-5-6-18-10(7-13)8-14/h2-4,10H,5-8,13H2,1H3. The predicted molar refractivity (Wildman–Crippen MR) is 68.8 cm³/mol. The van der Waals surface area contributed by atoms with Crippen LogP contribution in [0.2, 0.25) is 0 Å². The zero-order valence-corrected chi connectivity index (χ0v) is 10.3. The van der Waals surface area contributed by atoms with Gasteiger partial charge in [-0.1, -0.05) is 12.1 Å². The van der Waals surface area contributed by atoms with Crippen molar-refractivity contribution in [3.8, 4) is 0 Å². The molecule has 0 aliphatic carbocycles. The Morgan fingerprint density at radius 1 is 1.61 bits per heavy atom. The molecule has 6 heteroatoms. The summed E-state index contributed by atoms with van der Waals surface area (Å²) in [6, 6.07) is 5.13. The molecule has 98 valence electrons. The second-order valence-corrected chi connectivity index (χ2v) is 4.37. The third-order valence-electron chi connectivity index (χ3n) is 3.13. The van der Waals surface area contributed by atoms with Crippen LogP contribution < -0.4 is 10.6 Å². The Bertz CT molecular complexity index is 450. The molecule has 1 unspecified atom stereocenters. The predicted octanol–water partition coefficient (Wildman–Crippen LogP) is 1.07. The SMILES string of the molecule is Cc1cccc([N+](=O)[O-])c1N1CCOC(CN)C1. The van der Waals surface area contributed by atoms with E-state index in [1.54, 1.807) is 6.07 Å². The summed E-state index contributed by atoms with van der Waals surface area (Å²) in [7, 11) is 0. The van der Waals surface area contributed by atoms with Crippen LogP contribution in [0.3, 0.4) is 0 Å². The summed E-state index contributed by atoms with van der Waals surface area (Å²) in [5, 5.41) is 11.1. The van der Waals surface area contributed by atoms with Crippen molar-refractivity contribution in [1.29, 1.82) is 0 Å². The maximum absolute atomic E-state index is 11.1. The van der Waals surface area contributed by atoms with Crippen LogP contribution in [0.25, 0.3) is 0 Å². The monoisotopic (exact) mass is 251 g/mol. The quantitative estimate of drug-likeness (QED) is 0.642. The summed E-state index contributed by atoms with van der Waals surface area (Å²) in [4.78, 5) is 12.7. The summed E-state index contributed by atoms with van der Waals surface area (Å²) in [6.07, 6.45) is -0.0574. The fourth-order valence-electron chi connectivity index (χ4n) is 2.27. The molecule has 2 N–H and O–H groups in total. The van der Waals surface area contributed by atoms with Crippen molar-refractivity contribution in [2.24, 2.45) is 5.73 Å². The van der Waals surface area contributed by atoms with Crippen LogP contribution in [0.5, 0.6) is 0 Å². The first-order chi connectivity index (χ1) is 8.63. The van der Waals surface area contributed by atoms with Crippen LogP contribution in [0, 0.1) is 17.0 Å². The van der Waals surface area contributed by atoms with Gasteiger partial charge in [-0.15, -0.1) is 0 Å². The number of para-hydroxylation sites is 1. The minimum Gasteiger partial charge on any atom is -0.373 e. The molecular weight excluding hydrogens is 234 g/mol. The summed E-state index contributed by atoms with van der Waals surface area (Å²) in [5.41, 5.74) is 7.33. The van der Waals surface area contributed by atoms with Gasteiger partial charge < -0.3 is 15.4 Å². The molecule has 0 amide bonds. The van der Waals surface area contributed by atoms with Crippen molar-refractivity contribution in [3.63, 3.8) is 0 Å². The summed E-state index contributed by atoms with van der Waals surface area (Å²) in [6.45, 7) is 4.11. The lowest BCUT2D eigenvalue weighted by Crippen LogP contribution is -2.46. The smallest absolute Gasteiger partial charge is 0.292 e. The second kappa shape index (κ2) is 5.32. The molecule has 1 aliphatic rings. The number of ether oxygens (including phenoxy) is 1. The highest BCUT2D eigenvalue weighted by atomic mass is 16.6. The number of anilines is 1. The van der Waals surface area contributed by atoms with Crippen molar-refractivity contribution in [1.82, 2.24) is 0 Å². The van der Waals surface area contributed by atoms with Crippen LogP contribution >= 0.6 is 0 Å². The van der Waals surface area contributed by atoms with E-state index in [1.165, 1.54) is 6.07 Å². The van der Waals surface area contributed by atoms with Crippen molar-refractivity contribution < 1.29 is 9.66 Å². The summed E-state index contributed by atoms with van der Waals surface area (Å²) in [5.74, 6) is 0. The minimum absolute atomic E-state index is 0.0574. The number of benzene rings is 1. The average molecular weight is 251 g/mol. The number of hydrogen-bond acceptors (Lipinski definition) is 5. The van der Waals surface area contributed by atoms with E-state index >= 15 is 0 Å². The van der Waals surface area contributed by atoms with E-state index in [-0.39, 0.29) is 16.7 Å². The number of nitrogens with two attached hydrogens (primary N) is 1. The fraction of sp³-hybridized carbons (Fsp3) is 0.500. The number of nitro benzene ring substituents is 1. The highest BCUT2D eigenvalue weighted by Gasteiger charge is 2.26. The van der Waals surface area contributed by atoms with Crippen LogP contribution in [-0.4, -0.2) is 37.3 Å². The lowest BCUT2D eigenvalue weighted by Gasteiger charge is -2.34. The van der Waals surface area contributed by atoms with Gasteiger partial charge in [0.1, 0.15) is 5.69 Å². The van der Waals surface area contributed by atoms with E-state index in [2.05, 4.69) is 0 Å². The summed E-state index contributed by atoms with van der Waals surface area (Å²) < 4.78 is 5.48. The molecule has 1 aromatic rings. The van der Waals surface area contributed by atoms with E-state index in [0.29, 0.717) is 31.9 Å². The average Bonchev–Trinajstić information content (AvgIpc) is 2.38. The van der Waals surface area contributed by atoms with Gasteiger partial charge >= 0.3 is 0 Å². The maximum atomic E-state index is 11.1. The molecule has 1 saturated heterocycles. The number of rotatable bonds is 3. The molecule has 2 rings (SSSR count). The van der Waals surface area contributed by atoms with Crippen LogP contribution in [0.1, 0.15) is 5.56 Å². The number of nitro groups is 1. The van der Waals surface area contributed by atoms with Gasteiger partial charge in [0.25, 0.3) is 5.69 Å². The van der Waals surface area contributed by atoms with E-state index < -0.39 is 0 Å². The number of hydrogen-bond donors (Lipinski definition) is 1. The molecule has 0 radical (unpaired) electrons. The van der Waals surface area contributed by atoms with Gasteiger partial charge in [-0.25, -0.2) is 0 Å². The first-order valence-electron chi connectivity index (χ1n) is 5.94. The molecule has 0 aromatic heterocycles. The van der Waals surface area contributed by atoms with E-state index in [4.69, 9.17) is 10.5 Å². The van der Waals surface area contributed by atoms with E-state index in [1.807, 2.05) is 17.9 Å². The Kier molecular flexibility index (Phi) is 3.78. The second-order valence-electron chi connectivity index (χ2n) is 4.37. The van der Waals surface area contributed by atoms with Crippen molar-refractivity contribution in [2.45, 2.75) is 13.0 Å². The number of aryl methyl sites for hydroxylation is 1. The molecule has 1 fully saturated rings. The Balaban J connectivity index is 2.34. The molecule has 0 saturated carbocycles. The zero-order chi connectivity index (χ0) is 13.1. The Hall–Kier alpha value is -1.66. The first kappa shape index (κ1) is 12.8. The van der Waals surface area contributed by atoms with Crippen molar-refractivity contribution in [3.05, 3.63) is 33.9 Å². The van der Waals surface area contributed by atoms with E-state index in [9.17, 15) is 10.1 Å². The molecule has 0 bridgehead atoms. The van der Waals surface area contributed by atoms with Gasteiger partial charge in [0.2, 0.25) is 0 Å². The molecule has 1 atom stereocenters. The van der Waals surface area contributed by atoms with Gasteiger partial charge in [-0.05, 0) is 12.5 Å². The van der Waals surface area contributed by atoms with Gasteiger partial charge in [0, 0.05) is 25.7 Å². The third kappa shape index (κ3) is 2.44. The topological polar surface area (TPSA) is 81.6 Å². The highest BCUT2D eigenvalue weighted by molar-refractivity contribution is 5.67. The van der Waals surface area contributed by atoms with Crippen LogP contribution in [0.15, 0.2) is 18.2 Å². The van der Waals surface area contributed by atoms with Gasteiger partial charge in [-0.3, -0.25) is 10.1 Å². The normalized spacial score (nSPS) is 19.9. The van der Waals surface area contributed by atoms with Gasteiger partial charge in [0.05, 0.1) is 17.6 Å². The largest absolute Gasteiger partial charge is 0.373 e. The van der Waals surface area contributed by atoms with Crippen molar-refractivity contribution >= 4 is 11.4 Å². The lowest BCUT2D eigenvalue weighted by atomic mass is 10.1. The highest BCUT2D eigenvalue weighted by Crippen LogP contribution is 2.32. The van der Waals surface area contributed by atoms with Crippen LogP contribution in [0.4, 0.5) is 11.4 Å². The zero-order valence-electron chi connectivity index (χ0n) is 10.3. The Morgan fingerprint density at radius 3 is 3.06 bits per heavy atom. The Morgan fingerprint density at radius 2 is 2.39 bits per heavy atom. The molecule has 0 spiro atoms. The molecule has 18 heavy (non-hydrogen) atoms. The number of morpholine rings is 1. The fourth-order valence-corrected chi connectivity index (χ4v) is 2.27. The third-order valence-corrected chi connectivity index (χ3v) is 3.13. The number of nitrogens with zero attached hydrogens (tertiary/aromatic N) is 2.